The molecule has 1 aromatic heterocycles. The number of hydrogen-bond acceptors (Lipinski definition) is 4. The molecule has 110 valence electrons. The fraction of sp³-hybridized carbons (Fsp3) is 0.286. The quantitative estimate of drug-likeness (QED) is 0.844. The summed E-state index contributed by atoms with van der Waals surface area (Å²) >= 11 is 7.34. The van der Waals surface area contributed by atoms with Crippen LogP contribution >= 0.6 is 22.9 Å². The number of benzene rings is 1. The Bertz CT molecular complexity index is 728. The van der Waals surface area contributed by atoms with Gasteiger partial charge >= 0.3 is 0 Å². The van der Waals surface area contributed by atoms with E-state index in [1.807, 2.05) is 6.07 Å². The van der Waals surface area contributed by atoms with Crippen LogP contribution in [0.1, 0.15) is 16.1 Å². The molecule has 0 saturated carbocycles. The Balaban J connectivity index is 1.94. The molecule has 1 aliphatic rings. The Morgan fingerprint density at radius 2 is 2.19 bits per heavy atom. The van der Waals surface area contributed by atoms with Gasteiger partial charge in [-0.25, -0.2) is 0 Å². The number of anilines is 1. The number of carbonyl (C=O) groups excluding carboxylic acids is 2. The van der Waals surface area contributed by atoms with Gasteiger partial charge in [-0.2, -0.15) is 0 Å². The summed E-state index contributed by atoms with van der Waals surface area (Å²) in [7, 11) is 0. The number of nitrogens with two attached hydrogens (primary N) is 1. The van der Waals surface area contributed by atoms with Crippen LogP contribution in [0.15, 0.2) is 18.2 Å². The van der Waals surface area contributed by atoms with Crippen LogP contribution in [0.2, 0.25) is 5.02 Å². The molecule has 5 nitrogen and oxygen atoms in total. The van der Waals surface area contributed by atoms with Gasteiger partial charge < -0.3 is 16.0 Å². The van der Waals surface area contributed by atoms with E-state index in [1.54, 1.807) is 17.0 Å². The van der Waals surface area contributed by atoms with Gasteiger partial charge in [-0.1, -0.05) is 11.6 Å². The zero-order chi connectivity index (χ0) is 15.0. The van der Waals surface area contributed by atoms with Gasteiger partial charge in [-0.3, -0.25) is 9.59 Å². The Kier molecular flexibility index (Phi) is 3.73. The second-order valence-electron chi connectivity index (χ2n) is 4.88. The first-order valence-electron chi connectivity index (χ1n) is 6.60. The zero-order valence-corrected chi connectivity index (χ0v) is 12.8. The van der Waals surface area contributed by atoms with Crippen molar-refractivity contribution in [3.63, 3.8) is 0 Å². The summed E-state index contributed by atoms with van der Waals surface area (Å²) < 4.78 is 0.935. The third-order valence-corrected chi connectivity index (χ3v) is 4.89. The van der Waals surface area contributed by atoms with Crippen molar-refractivity contribution in [2.45, 2.75) is 6.42 Å². The number of nitrogens with zero attached hydrogens (tertiary/aromatic N) is 1. The average molecular weight is 324 g/mol. The molecule has 0 radical (unpaired) electrons. The van der Waals surface area contributed by atoms with E-state index < -0.39 is 0 Å². The fourth-order valence-corrected chi connectivity index (χ4v) is 3.60. The Hall–Kier alpha value is -1.79. The van der Waals surface area contributed by atoms with Crippen molar-refractivity contribution in [1.29, 1.82) is 0 Å². The van der Waals surface area contributed by atoms with E-state index in [2.05, 4.69) is 5.32 Å². The predicted octanol–water partition coefficient (Wildman–Crippen LogP) is 2.10. The molecule has 1 fully saturated rings. The summed E-state index contributed by atoms with van der Waals surface area (Å²) in [6.07, 6.45) is 0.322. The maximum atomic E-state index is 12.6. The number of rotatable bonds is 1. The molecule has 3 rings (SSSR count). The molecule has 1 saturated heterocycles. The molecule has 2 heterocycles. The van der Waals surface area contributed by atoms with Gasteiger partial charge in [0, 0.05) is 41.2 Å². The first-order chi connectivity index (χ1) is 10.1. The maximum absolute atomic E-state index is 12.6. The molecule has 0 spiro atoms. The minimum Gasteiger partial charge on any atom is -0.397 e. The van der Waals surface area contributed by atoms with Gasteiger partial charge in [-0.05, 0) is 18.2 Å². The number of amides is 2. The SMILES string of the molecule is Nc1c(C(=O)N2CCNC(=O)CC2)sc2ccc(Cl)cc12. The van der Waals surface area contributed by atoms with Crippen molar-refractivity contribution < 1.29 is 9.59 Å². The first-order valence-corrected chi connectivity index (χ1v) is 7.79. The number of nitrogen functional groups attached to an aromatic ring is 1. The molecular weight excluding hydrogens is 310 g/mol. The zero-order valence-electron chi connectivity index (χ0n) is 11.2. The van der Waals surface area contributed by atoms with E-state index in [0.717, 1.165) is 10.1 Å². The van der Waals surface area contributed by atoms with Crippen molar-refractivity contribution in [3.05, 3.63) is 28.1 Å². The summed E-state index contributed by atoms with van der Waals surface area (Å²) in [6.45, 7) is 1.39. The van der Waals surface area contributed by atoms with E-state index in [0.29, 0.717) is 41.6 Å². The predicted molar refractivity (Wildman–Crippen MR) is 84.8 cm³/mol. The number of carbonyl (C=O) groups is 2. The highest BCUT2D eigenvalue weighted by Gasteiger charge is 2.24. The molecule has 0 aliphatic carbocycles. The Morgan fingerprint density at radius 3 is 3.00 bits per heavy atom. The summed E-state index contributed by atoms with van der Waals surface area (Å²) in [4.78, 5) is 26.1. The highest BCUT2D eigenvalue weighted by Crippen LogP contribution is 2.36. The number of halogens is 1. The van der Waals surface area contributed by atoms with Gasteiger partial charge in [0.05, 0.1) is 5.69 Å². The maximum Gasteiger partial charge on any atom is 0.266 e. The normalized spacial score (nSPS) is 15.9. The highest BCUT2D eigenvalue weighted by atomic mass is 35.5. The molecule has 2 aromatic rings. The molecule has 21 heavy (non-hydrogen) atoms. The summed E-state index contributed by atoms with van der Waals surface area (Å²) in [6, 6.07) is 5.42. The van der Waals surface area contributed by atoms with Crippen LogP contribution in [0.25, 0.3) is 10.1 Å². The summed E-state index contributed by atoms with van der Waals surface area (Å²) in [5.41, 5.74) is 6.57. The van der Waals surface area contributed by atoms with Crippen molar-refractivity contribution >= 4 is 50.5 Å². The summed E-state index contributed by atoms with van der Waals surface area (Å²) in [5, 5.41) is 4.15. The molecule has 2 amide bonds. The number of thiophene rings is 1. The van der Waals surface area contributed by atoms with Gasteiger partial charge in [-0.15, -0.1) is 11.3 Å². The third-order valence-electron chi connectivity index (χ3n) is 3.48. The molecule has 1 aromatic carbocycles. The molecule has 1 aliphatic heterocycles. The van der Waals surface area contributed by atoms with Gasteiger partial charge in [0.1, 0.15) is 4.88 Å². The number of hydrogen-bond donors (Lipinski definition) is 2. The standard InChI is InChI=1S/C14H14ClN3O2S/c15-8-1-2-10-9(7-8)12(16)13(21-10)14(20)18-5-3-11(19)17-4-6-18/h1-2,7H,3-6,16H2,(H,17,19). The van der Waals surface area contributed by atoms with Crippen LogP contribution in [0, 0.1) is 0 Å². The lowest BCUT2D eigenvalue weighted by Crippen LogP contribution is -2.34. The van der Waals surface area contributed by atoms with Gasteiger partial charge in [0.15, 0.2) is 0 Å². The molecule has 3 N–H and O–H groups in total. The van der Waals surface area contributed by atoms with E-state index >= 15 is 0 Å². The summed E-state index contributed by atoms with van der Waals surface area (Å²) in [5.74, 6) is -0.150. The minimum atomic E-state index is -0.124. The topological polar surface area (TPSA) is 75.4 Å². The van der Waals surface area contributed by atoms with Gasteiger partial charge in [0.2, 0.25) is 5.91 Å². The minimum absolute atomic E-state index is 0.0265. The monoisotopic (exact) mass is 323 g/mol. The van der Waals surface area contributed by atoms with Crippen LogP contribution in [-0.2, 0) is 4.79 Å². The third kappa shape index (κ3) is 2.69. The second-order valence-corrected chi connectivity index (χ2v) is 6.37. The largest absolute Gasteiger partial charge is 0.397 e. The lowest BCUT2D eigenvalue weighted by Gasteiger charge is -2.18. The van der Waals surface area contributed by atoms with E-state index in [1.165, 1.54) is 11.3 Å². The molecule has 0 bridgehead atoms. The lowest BCUT2D eigenvalue weighted by atomic mass is 10.2. The van der Waals surface area contributed by atoms with Gasteiger partial charge in [0.25, 0.3) is 5.91 Å². The van der Waals surface area contributed by atoms with Crippen LogP contribution in [0.4, 0.5) is 5.69 Å². The second kappa shape index (κ2) is 5.54. The van der Waals surface area contributed by atoms with E-state index in [4.69, 9.17) is 17.3 Å². The Morgan fingerprint density at radius 1 is 1.38 bits per heavy atom. The number of nitrogens with one attached hydrogen (secondary N) is 1. The van der Waals surface area contributed by atoms with Crippen molar-refractivity contribution in [3.8, 4) is 0 Å². The van der Waals surface area contributed by atoms with E-state index in [-0.39, 0.29) is 11.8 Å². The van der Waals surface area contributed by atoms with Crippen LogP contribution in [0.3, 0.4) is 0 Å². The smallest absolute Gasteiger partial charge is 0.266 e. The van der Waals surface area contributed by atoms with Crippen molar-refractivity contribution in [2.24, 2.45) is 0 Å². The highest BCUT2D eigenvalue weighted by molar-refractivity contribution is 7.21. The van der Waals surface area contributed by atoms with Crippen molar-refractivity contribution in [2.75, 3.05) is 25.4 Å². The fourth-order valence-electron chi connectivity index (χ4n) is 2.36. The molecule has 0 unspecified atom stereocenters. The molecule has 0 atom stereocenters. The van der Waals surface area contributed by atoms with Crippen molar-refractivity contribution in [1.82, 2.24) is 10.2 Å². The molecule has 7 heteroatoms. The van der Waals surface area contributed by atoms with Crippen LogP contribution in [-0.4, -0.2) is 36.3 Å². The number of fused-ring (bicyclic) bond motifs is 1. The average Bonchev–Trinajstić information content (AvgIpc) is 2.64. The van der Waals surface area contributed by atoms with E-state index in [9.17, 15) is 9.59 Å². The lowest BCUT2D eigenvalue weighted by molar-refractivity contribution is -0.120. The Labute approximate surface area is 130 Å². The van der Waals surface area contributed by atoms with Crippen LogP contribution in [0.5, 0.6) is 0 Å². The van der Waals surface area contributed by atoms with Crippen LogP contribution < -0.4 is 11.1 Å². The molecular formula is C14H14ClN3O2S. The first kappa shape index (κ1) is 14.2.